The molecule has 0 spiro atoms. The highest BCUT2D eigenvalue weighted by Crippen LogP contribution is 2.29. The molecule has 0 saturated carbocycles. The largest absolute Gasteiger partial charge is 0.325 e. The predicted molar refractivity (Wildman–Crippen MR) is 108 cm³/mol. The third-order valence-electron chi connectivity index (χ3n) is 5.20. The minimum absolute atomic E-state index is 0.0268. The van der Waals surface area contributed by atoms with Crippen LogP contribution in [0.3, 0.4) is 0 Å². The Morgan fingerprint density at radius 2 is 1.96 bits per heavy atom. The van der Waals surface area contributed by atoms with Gasteiger partial charge in [-0.15, -0.1) is 0 Å². The number of benzene rings is 2. The van der Waals surface area contributed by atoms with E-state index >= 15 is 0 Å². The molecule has 27 heavy (non-hydrogen) atoms. The number of nitrogens with zero attached hydrogens (tertiary/aromatic N) is 3. The van der Waals surface area contributed by atoms with Crippen molar-refractivity contribution in [2.24, 2.45) is 0 Å². The van der Waals surface area contributed by atoms with E-state index in [2.05, 4.69) is 13.0 Å². The summed E-state index contributed by atoms with van der Waals surface area (Å²) in [5.41, 5.74) is 4.16. The molecule has 0 bridgehead atoms. The van der Waals surface area contributed by atoms with E-state index in [-0.39, 0.29) is 18.5 Å². The van der Waals surface area contributed by atoms with Crippen LogP contribution in [-0.2, 0) is 11.2 Å². The number of hydrogen-bond donors (Lipinski definition) is 0. The molecular formula is C21H22ClN3O2. The lowest BCUT2D eigenvalue weighted by molar-refractivity contribution is -0.119. The van der Waals surface area contributed by atoms with Gasteiger partial charge in [-0.05, 0) is 49.6 Å². The van der Waals surface area contributed by atoms with Crippen LogP contribution in [0, 0.1) is 6.92 Å². The summed E-state index contributed by atoms with van der Waals surface area (Å²) in [6.07, 6.45) is 1.94. The van der Waals surface area contributed by atoms with Gasteiger partial charge in [0.05, 0.1) is 0 Å². The molecule has 0 N–H and O–H groups in total. The summed E-state index contributed by atoms with van der Waals surface area (Å²) in [7, 11) is 0. The van der Waals surface area contributed by atoms with Gasteiger partial charge in [-0.2, -0.15) is 0 Å². The van der Waals surface area contributed by atoms with Gasteiger partial charge in [0.1, 0.15) is 6.54 Å². The minimum atomic E-state index is -0.147. The second-order valence-electron chi connectivity index (χ2n) is 7.12. The number of anilines is 2. The van der Waals surface area contributed by atoms with Gasteiger partial charge in [0.15, 0.2) is 0 Å². The summed E-state index contributed by atoms with van der Waals surface area (Å²) < 4.78 is 0. The molecule has 6 heteroatoms. The Morgan fingerprint density at radius 1 is 1.11 bits per heavy atom. The Hall–Kier alpha value is -2.53. The molecule has 3 amide bonds. The number of hydrogen-bond acceptors (Lipinski definition) is 2. The van der Waals surface area contributed by atoms with Crippen molar-refractivity contribution in [1.29, 1.82) is 0 Å². The lowest BCUT2D eigenvalue weighted by Crippen LogP contribution is -2.44. The van der Waals surface area contributed by atoms with E-state index in [4.69, 9.17) is 11.6 Å². The smallest absolute Gasteiger partial charge is 0.313 e. The van der Waals surface area contributed by atoms with Gasteiger partial charge in [-0.25, -0.2) is 4.79 Å². The van der Waals surface area contributed by atoms with Crippen molar-refractivity contribution in [3.63, 3.8) is 0 Å². The molecule has 2 heterocycles. The lowest BCUT2D eigenvalue weighted by Gasteiger charge is -2.31. The maximum Gasteiger partial charge on any atom is 0.325 e. The topological polar surface area (TPSA) is 43.9 Å². The van der Waals surface area contributed by atoms with Crippen LogP contribution in [-0.4, -0.2) is 43.0 Å². The maximum atomic E-state index is 12.9. The molecule has 0 aliphatic carbocycles. The Bertz CT molecular complexity index is 899. The second-order valence-corrected chi connectivity index (χ2v) is 7.55. The highest BCUT2D eigenvalue weighted by atomic mass is 35.5. The molecule has 140 valence electrons. The summed E-state index contributed by atoms with van der Waals surface area (Å²) in [5.74, 6) is -0.0268. The molecule has 0 unspecified atom stereocenters. The SMILES string of the molecule is Cc1ccc2c(c1)CCCN2C(=O)CN1CCN(c2cccc(Cl)c2)C1=O. The average molecular weight is 384 g/mol. The van der Waals surface area contributed by atoms with Crippen LogP contribution < -0.4 is 9.80 Å². The van der Waals surface area contributed by atoms with E-state index in [1.807, 2.05) is 29.2 Å². The van der Waals surface area contributed by atoms with Gasteiger partial charge in [0, 0.05) is 36.0 Å². The number of fused-ring (bicyclic) bond motifs is 1. The Morgan fingerprint density at radius 3 is 2.78 bits per heavy atom. The van der Waals surface area contributed by atoms with Gasteiger partial charge in [0.2, 0.25) is 5.91 Å². The first-order valence-electron chi connectivity index (χ1n) is 9.25. The lowest BCUT2D eigenvalue weighted by atomic mass is 9.99. The van der Waals surface area contributed by atoms with Crippen molar-refractivity contribution >= 4 is 34.9 Å². The highest BCUT2D eigenvalue weighted by molar-refractivity contribution is 6.30. The van der Waals surface area contributed by atoms with Crippen molar-refractivity contribution in [2.75, 3.05) is 36.0 Å². The highest BCUT2D eigenvalue weighted by Gasteiger charge is 2.33. The van der Waals surface area contributed by atoms with Crippen molar-refractivity contribution in [3.05, 3.63) is 58.6 Å². The minimum Gasteiger partial charge on any atom is -0.313 e. The molecule has 2 aliphatic rings. The quantitative estimate of drug-likeness (QED) is 0.807. The molecule has 2 aromatic rings. The molecule has 0 aromatic heterocycles. The van der Waals surface area contributed by atoms with Crippen molar-refractivity contribution in [3.8, 4) is 0 Å². The average Bonchev–Trinajstić information content (AvgIpc) is 3.01. The zero-order chi connectivity index (χ0) is 19.0. The Labute approximate surface area is 164 Å². The van der Waals surface area contributed by atoms with Gasteiger partial charge >= 0.3 is 6.03 Å². The molecule has 0 radical (unpaired) electrons. The fourth-order valence-corrected chi connectivity index (χ4v) is 4.03. The number of carbonyl (C=O) groups excluding carboxylic acids is 2. The fraction of sp³-hybridized carbons (Fsp3) is 0.333. The summed E-state index contributed by atoms with van der Waals surface area (Å²) in [4.78, 5) is 30.8. The van der Waals surface area contributed by atoms with E-state index in [1.54, 1.807) is 21.9 Å². The summed E-state index contributed by atoms with van der Waals surface area (Å²) in [5, 5.41) is 0.593. The zero-order valence-electron chi connectivity index (χ0n) is 15.3. The number of rotatable bonds is 3. The Kier molecular flexibility index (Phi) is 4.79. The van der Waals surface area contributed by atoms with Gasteiger partial charge < -0.3 is 9.80 Å². The zero-order valence-corrected chi connectivity index (χ0v) is 16.1. The standard InChI is InChI=1S/C21H22ClN3O2/c1-15-7-8-19-16(12-15)4-3-9-25(19)20(26)14-23-10-11-24(21(23)27)18-6-2-5-17(22)13-18/h2,5-8,12-13H,3-4,9-11,14H2,1H3. The molecule has 1 fully saturated rings. The van der Waals surface area contributed by atoms with Crippen molar-refractivity contribution in [2.45, 2.75) is 19.8 Å². The molecule has 4 rings (SSSR count). The summed E-state index contributed by atoms with van der Waals surface area (Å²) >= 11 is 6.04. The maximum absolute atomic E-state index is 12.9. The second kappa shape index (κ2) is 7.24. The van der Waals surface area contributed by atoms with E-state index in [0.29, 0.717) is 24.7 Å². The van der Waals surface area contributed by atoms with Gasteiger partial charge in [-0.1, -0.05) is 35.4 Å². The van der Waals surface area contributed by atoms with Crippen LogP contribution >= 0.6 is 11.6 Å². The summed E-state index contributed by atoms with van der Waals surface area (Å²) in [6.45, 7) is 3.96. The van der Waals surface area contributed by atoms with Gasteiger partial charge in [-0.3, -0.25) is 9.69 Å². The number of carbonyl (C=O) groups is 2. The molecule has 2 aromatic carbocycles. The molecular weight excluding hydrogens is 362 g/mol. The number of halogens is 1. The van der Waals surface area contributed by atoms with Crippen LogP contribution in [0.5, 0.6) is 0 Å². The molecule has 0 atom stereocenters. The van der Waals surface area contributed by atoms with E-state index in [9.17, 15) is 9.59 Å². The van der Waals surface area contributed by atoms with Crippen molar-refractivity contribution in [1.82, 2.24) is 4.90 Å². The molecule has 2 aliphatic heterocycles. The third-order valence-corrected chi connectivity index (χ3v) is 5.43. The van der Waals surface area contributed by atoms with E-state index in [0.717, 1.165) is 24.2 Å². The van der Waals surface area contributed by atoms with Gasteiger partial charge in [0.25, 0.3) is 0 Å². The predicted octanol–water partition coefficient (Wildman–Crippen LogP) is 3.87. The van der Waals surface area contributed by atoms with Crippen LogP contribution in [0.2, 0.25) is 5.02 Å². The number of amides is 3. The van der Waals surface area contributed by atoms with Crippen LogP contribution in [0.1, 0.15) is 17.5 Å². The summed E-state index contributed by atoms with van der Waals surface area (Å²) in [6, 6.07) is 13.3. The third kappa shape index (κ3) is 3.52. The normalized spacial score (nSPS) is 16.7. The molecule has 5 nitrogen and oxygen atoms in total. The first kappa shape index (κ1) is 17.9. The van der Waals surface area contributed by atoms with E-state index < -0.39 is 0 Å². The van der Waals surface area contributed by atoms with Crippen LogP contribution in [0.15, 0.2) is 42.5 Å². The number of aryl methyl sites for hydroxylation is 2. The first-order valence-corrected chi connectivity index (χ1v) is 9.62. The monoisotopic (exact) mass is 383 g/mol. The van der Waals surface area contributed by atoms with Crippen molar-refractivity contribution < 1.29 is 9.59 Å². The van der Waals surface area contributed by atoms with Crippen LogP contribution in [0.25, 0.3) is 0 Å². The fourth-order valence-electron chi connectivity index (χ4n) is 3.85. The van der Waals surface area contributed by atoms with Crippen LogP contribution in [0.4, 0.5) is 16.2 Å². The molecule has 1 saturated heterocycles. The number of urea groups is 1. The Balaban J connectivity index is 1.47. The first-order chi connectivity index (χ1) is 13.0. The van der Waals surface area contributed by atoms with E-state index in [1.165, 1.54) is 11.1 Å².